The Morgan fingerprint density at radius 2 is 1.65 bits per heavy atom. The van der Waals surface area contributed by atoms with E-state index in [0.29, 0.717) is 5.76 Å². The summed E-state index contributed by atoms with van der Waals surface area (Å²) in [5, 5.41) is 8.62. The average molecular weight is 233 g/mol. The Balaban J connectivity index is 1.95. The Labute approximate surface area is 105 Å². The van der Waals surface area contributed by atoms with Gasteiger partial charge < -0.3 is 4.42 Å². The van der Waals surface area contributed by atoms with Gasteiger partial charge in [-0.15, -0.1) is 0 Å². The van der Waals surface area contributed by atoms with Gasteiger partial charge in [0.15, 0.2) is 0 Å². The second-order valence-electron chi connectivity index (χ2n) is 4.60. The second-order valence-corrected chi connectivity index (χ2v) is 4.60. The van der Waals surface area contributed by atoms with Crippen molar-refractivity contribution in [3.63, 3.8) is 0 Å². The highest BCUT2D eigenvalue weighted by Gasteiger charge is 2.00. The van der Waals surface area contributed by atoms with E-state index in [-0.39, 0.29) is 0 Å². The maximum Gasteiger partial charge on any atom is 0.203 e. The molecule has 0 amide bonds. The lowest BCUT2D eigenvalue weighted by Gasteiger charge is -2.00. The number of nitrogens with zero attached hydrogens (tertiary/aromatic N) is 1. The first-order valence-electron chi connectivity index (χ1n) is 6.85. The summed E-state index contributed by atoms with van der Waals surface area (Å²) in [7, 11) is 0. The molecule has 2 heteroatoms. The van der Waals surface area contributed by atoms with Crippen LogP contribution in [0.2, 0.25) is 0 Å². The van der Waals surface area contributed by atoms with Gasteiger partial charge in [-0.3, -0.25) is 0 Å². The summed E-state index contributed by atoms with van der Waals surface area (Å²) in [6.07, 6.45) is 11.6. The molecule has 0 atom stereocenters. The predicted octanol–water partition coefficient (Wildman–Crippen LogP) is 4.83. The molecule has 0 saturated heterocycles. The summed E-state index contributed by atoms with van der Waals surface area (Å²) in [5.41, 5.74) is 0. The minimum atomic E-state index is 0.430. The van der Waals surface area contributed by atoms with Crippen LogP contribution >= 0.6 is 0 Å². The number of aryl methyl sites for hydroxylation is 1. The highest BCUT2D eigenvalue weighted by atomic mass is 16.3. The van der Waals surface area contributed by atoms with Crippen molar-refractivity contribution in [3.8, 4) is 6.07 Å². The second kappa shape index (κ2) is 8.87. The van der Waals surface area contributed by atoms with E-state index in [1.807, 2.05) is 12.1 Å². The van der Waals surface area contributed by atoms with Crippen LogP contribution in [0.4, 0.5) is 0 Å². The number of rotatable bonds is 9. The number of nitriles is 1. The topological polar surface area (TPSA) is 36.9 Å². The Bertz CT molecular complexity index is 335. The van der Waals surface area contributed by atoms with Crippen molar-refractivity contribution >= 4 is 0 Å². The summed E-state index contributed by atoms with van der Waals surface area (Å²) >= 11 is 0. The Morgan fingerprint density at radius 3 is 2.24 bits per heavy atom. The van der Waals surface area contributed by atoms with Gasteiger partial charge in [-0.1, -0.05) is 51.9 Å². The zero-order chi connectivity index (χ0) is 12.3. The van der Waals surface area contributed by atoms with Gasteiger partial charge in [0.2, 0.25) is 5.76 Å². The minimum absolute atomic E-state index is 0.430. The highest BCUT2D eigenvalue weighted by molar-refractivity contribution is 5.18. The van der Waals surface area contributed by atoms with E-state index >= 15 is 0 Å². The van der Waals surface area contributed by atoms with Crippen molar-refractivity contribution in [2.45, 2.75) is 64.7 Å². The molecule has 17 heavy (non-hydrogen) atoms. The molecule has 1 aromatic heterocycles. The quantitative estimate of drug-likeness (QED) is 0.572. The van der Waals surface area contributed by atoms with Crippen molar-refractivity contribution < 1.29 is 4.42 Å². The first-order valence-corrected chi connectivity index (χ1v) is 6.85. The fourth-order valence-electron chi connectivity index (χ4n) is 2.01. The van der Waals surface area contributed by atoms with Gasteiger partial charge in [-0.2, -0.15) is 5.26 Å². The first kappa shape index (κ1) is 13.8. The molecule has 0 radical (unpaired) electrons. The van der Waals surface area contributed by atoms with Gasteiger partial charge in [-0.05, 0) is 18.6 Å². The van der Waals surface area contributed by atoms with Crippen LogP contribution in [0.1, 0.15) is 69.8 Å². The van der Waals surface area contributed by atoms with E-state index in [2.05, 4.69) is 6.92 Å². The molecular weight excluding hydrogens is 210 g/mol. The summed E-state index contributed by atoms with van der Waals surface area (Å²) in [4.78, 5) is 0. The lowest BCUT2D eigenvalue weighted by atomic mass is 10.1. The molecule has 0 bridgehead atoms. The zero-order valence-corrected chi connectivity index (χ0v) is 10.9. The maximum atomic E-state index is 8.62. The van der Waals surface area contributed by atoms with E-state index in [1.165, 1.54) is 51.4 Å². The highest BCUT2D eigenvalue weighted by Crippen LogP contribution is 2.13. The van der Waals surface area contributed by atoms with E-state index in [1.54, 1.807) is 6.07 Å². The first-order chi connectivity index (χ1) is 8.36. The zero-order valence-electron chi connectivity index (χ0n) is 10.9. The molecule has 0 spiro atoms. The summed E-state index contributed by atoms with van der Waals surface area (Å²) in [6, 6.07) is 5.68. The fourth-order valence-corrected chi connectivity index (χ4v) is 2.01. The van der Waals surface area contributed by atoms with Crippen LogP contribution in [-0.4, -0.2) is 0 Å². The molecular formula is C15H23NO. The predicted molar refractivity (Wildman–Crippen MR) is 69.7 cm³/mol. The summed E-state index contributed by atoms with van der Waals surface area (Å²) < 4.78 is 5.33. The lowest BCUT2D eigenvalue weighted by molar-refractivity contribution is 0.481. The SMILES string of the molecule is CCCCCCCCCCc1ccc(C#N)o1. The molecule has 1 aromatic rings. The van der Waals surface area contributed by atoms with Gasteiger partial charge in [0.25, 0.3) is 0 Å². The van der Waals surface area contributed by atoms with E-state index in [4.69, 9.17) is 9.68 Å². The van der Waals surface area contributed by atoms with Crippen LogP contribution in [0.15, 0.2) is 16.5 Å². The summed E-state index contributed by atoms with van der Waals surface area (Å²) in [6.45, 7) is 2.25. The lowest BCUT2D eigenvalue weighted by Crippen LogP contribution is -1.84. The molecule has 0 saturated carbocycles. The molecule has 94 valence electrons. The number of hydrogen-bond donors (Lipinski definition) is 0. The maximum absolute atomic E-state index is 8.62. The molecule has 2 nitrogen and oxygen atoms in total. The third-order valence-corrected chi connectivity index (χ3v) is 3.05. The van der Waals surface area contributed by atoms with Crippen LogP contribution in [0.3, 0.4) is 0 Å². The third kappa shape index (κ3) is 6.16. The van der Waals surface area contributed by atoms with E-state index < -0.39 is 0 Å². The molecule has 0 fully saturated rings. The molecule has 0 aliphatic rings. The molecule has 0 N–H and O–H groups in total. The van der Waals surface area contributed by atoms with Crippen LogP contribution in [0, 0.1) is 11.3 Å². The number of furan rings is 1. The van der Waals surface area contributed by atoms with Gasteiger partial charge in [0.1, 0.15) is 11.8 Å². The largest absolute Gasteiger partial charge is 0.451 e. The number of hydrogen-bond acceptors (Lipinski definition) is 2. The normalized spacial score (nSPS) is 10.4. The van der Waals surface area contributed by atoms with Crippen LogP contribution in [0.25, 0.3) is 0 Å². The van der Waals surface area contributed by atoms with Crippen LogP contribution in [0.5, 0.6) is 0 Å². The van der Waals surface area contributed by atoms with Gasteiger partial charge in [-0.25, -0.2) is 0 Å². The van der Waals surface area contributed by atoms with Gasteiger partial charge >= 0.3 is 0 Å². The van der Waals surface area contributed by atoms with E-state index in [9.17, 15) is 0 Å². The van der Waals surface area contributed by atoms with Gasteiger partial charge in [0, 0.05) is 6.42 Å². The van der Waals surface area contributed by atoms with E-state index in [0.717, 1.165) is 12.2 Å². The molecule has 1 heterocycles. The fraction of sp³-hybridized carbons (Fsp3) is 0.667. The minimum Gasteiger partial charge on any atom is -0.451 e. The monoisotopic (exact) mass is 233 g/mol. The Hall–Kier alpha value is -1.23. The van der Waals surface area contributed by atoms with Crippen molar-refractivity contribution in [3.05, 3.63) is 23.7 Å². The smallest absolute Gasteiger partial charge is 0.203 e. The third-order valence-electron chi connectivity index (χ3n) is 3.05. The molecule has 1 rings (SSSR count). The van der Waals surface area contributed by atoms with Crippen molar-refractivity contribution in [2.75, 3.05) is 0 Å². The van der Waals surface area contributed by atoms with Crippen molar-refractivity contribution in [1.82, 2.24) is 0 Å². The molecule has 0 aliphatic heterocycles. The average Bonchev–Trinajstić information content (AvgIpc) is 2.80. The molecule has 0 unspecified atom stereocenters. The van der Waals surface area contributed by atoms with Crippen molar-refractivity contribution in [1.29, 1.82) is 5.26 Å². The van der Waals surface area contributed by atoms with Gasteiger partial charge in [0.05, 0.1) is 0 Å². The molecule has 0 aliphatic carbocycles. The van der Waals surface area contributed by atoms with Crippen molar-refractivity contribution in [2.24, 2.45) is 0 Å². The van der Waals surface area contributed by atoms with Crippen LogP contribution in [-0.2, 0) is 6.42 Å². The molecule has 0 aromatic carbocycles. The Morgan fingerprint density at radius 1 is 1.00 bits per heavy atom. The van der Waals surface area contributed by atoms with Crippen LogP contribution < -0.4 is 0 Å². The standard InChI is InChI=1S/C15H23NO/c1-2-3-4-5-6-7-8-9-10-14-11-12-15(13-16)17-14/h11-12H,2-10H2,1H3. The number of unbranched alkanes of at least 4 members (excludes halogenated alkanes) is 7. The summed E-state index contributed by atoms with van der Waals surface area (Å²) in [5.74, 6) is 1.38. The Kier molecular flexibility index (Phi) is 7.22.